The number of carbonyl (C=O) groups is 2. The molecule has 0 bridgehead atoms. The third-order valence-electron chi connectivity index (χ3n) is 3.36. The molecule has 1 N–H and O–H groups in total. The number of hydrogen-bond donors (Lipinski definition) is 1. The molecule has 25 heavy (non-hydrogen) atoms. The average Bonchev–Trinajstić information content (AvgIpc) is 2.59. The standard InChI is InChI=1S/C16H13FN2O6/c1-25-15(20)9-18(12-5-3-11(17)4-6-12)13-7-2-10(16(21)22)8-14(13)19(23)24/h2-8H,9H2,1H3,(H,21,22). The molecule has 0 radical (unpaired) electrons. The Balaban J connectivity index is 2.60. The number of nitrogens with zero attached hydrogens (tertiary/aromatic N) is 2. The third-order valence-corrected chi connectivity index (χ3v) is 3.36. The number of methoxy groups -OCH3 is 1. The minimum absolute atomic E-state index is 0.0213. The molecule has 8 nitrogen and oxygen atoms in total. The van der Waals surface area contributed by atoms with Crippen molar-refractivity contribution in [2.24, 2.45) is 0 Å². The summed E-state index contributed by atoms with van der Waals surface area (Å²) >= 11 is 0. The van der Waals surface area contributed by atoms with Crippen molar-refractivity contribution in [3.05, 3.63) is 64.0 Å². The molecule has 0 aromatic heterocycles. The van der Waals surface area contributed by atoms with Crippen molar-refractivity contribution >= 4 is 29.0 Å². The van der Waals surface area contributed by atoms with E-state index in [0.717, 1.165) is 25.3 Å². The van der Waals surface area contributed by atoms with Gasteiger partial charge in [-0.15, -0.1) is 0 Å². The van der Waals surface area contributed by atoms with Gasteiger partial charge in [0.05, 0.1) is 17.6 Å². The molecule has 0 spiro atoms. The molecule has 0 unspecified atom stereocenters. The predicted octanol–water partition coefficient (Wildman–Crippen LogP) is 2.74. The van der Waals surface area contributed by atoms with E-state index < -0.39 is 28.4 Å². The zero-order valence-corrected chi connectivity index (χ0v) is 13.0. The summed E-state index contributed by atoms with van der Waals surface area (Å²) < 4.78 is 17.7. The number of aromatic carboxylic acids is 1. The van der Waals surface area contributed by atoms with Crippen molar-refractivity contribution in [3.8, 4) is 0 Å². The Bertz CT molecular complexity index is 822. The van der Waals surface area contributed by atoms with Gasteiger partial charge in [0.1, 0.15) is 18.0 Å². The number of hydrogen-bond acceptors (Lipinski definition) is 6. The Morgan fingerprint density at radius 1 is 1.24 bits per heavy atom. The van der Waals surface area contributed by atoms with Crippen LogP contribution in [0, 0.1) is 15.9 Å². The van der Waals surface area contributed by atoms with E-state index in [-0.39, 0.29) is 17.8 Å². The smallest absolute Gasteiger partial charge is 0.335 e. The Hall–Kier alpha value is -3.49. The SMILES string of the molecule is COC(=O)CN(c1ccc(F)cc1)c1ccc(C(=O)O)cc1[N+](=O)[O-]. The summed E-state index contributed by atoms with van der Waals surface area (Å²) in [6.45, 7) is -0.380. The van der Waals surface area contributed by atoms with Gasteiger partial charge < -0.3 is 14.7 Å². The number of esters is 1. The molecular formula is C16H13FN2O6. The van der Waals surface area contributed by atoms with Gasteiger partial charge in [-0.05, 0) is 36.4 Å². The lowest BCUT2D eigenvalue weighted by Crippen LogP contribution is -2.27. The highest BCUT2D eigenvalue weighted by atomic mass is 19.1. The van der Waals surface area contributed by atoms with E-state index in [1.807, 2.05) is 0 Å². The van der Waals surface area contributed by atoms with Gasteiger partial charge in [-0.3, -0.25) is 14.9 Å². The molecule has 0 saturated carbocycles. The number of rotatable bonds is 6. The summed E-state index contributed by atoms with van der Waals surface area (Å²) in [6, 6.07) is 8.24. The van der Waals surface area contributed by atoms with Gasteiger partial charge in [0.2, 0.25) is 0 Å². The molecule has 0 aliphatic heterocycles. The molecule has 0 fully saturated rings. The number of ether oxygens (including phenoxy) is 1. The van der Waals surface area contributed by atoms with Crippen molar-refractivity contribution in [2.75, 3.05) is 18.6 Å². The molecule has 0 aliphatic rings. The van der Waals surface area contributed by atoms with Crippen LogP contribution in [-0.4, -0.2) is 35.6 Å². The summed E-state index contributed by atoms with van der Waals surface area (Å²) in [5, 5.41) is 20.4. The van der Waals surface area contributed by atoms with E-state index in [1.165, 1.54) is 29.2 Å². The van der Waals surface area contributed by atoms with Gasteiger partial charge in [0.25, 0.3) is 5.69 Å². The van der Waals surface area contributed by atoms with Crippen molar-refractivity contribution < 1.29 is 28.7 Å². The topological polar surface area (TPSA) is 110 Å². The first kappa shape index (κ1) is 17.9. The Labute approximate surface area is 141 Å². The number of anilines is 2. The first-order valence-corrected chi connectivity index (χ1v) is 6.95. The van der Waals surface area contributed by atoms with Crippen LogP contribution in [0.5, 0.6) is 0 Å². The highest BCUT2D eigenvalue weighted by molar-refractivity contribution is 5.91. The van der Waals surface area contributed by atoms with Crippen LogP contribution in [0.2, 0.25) is 0 Å². The van der Waals surface area contributed by atoms with Crippen LogP contribution in [0.1, 0.15) is 10.4 Å². The maximum absolute atomic E-state index is 13.1. The number of nitro benzene ring substituents is 1. The normalized spacial score (nSPS) is 10.2. The van der Waals surface area contributed by atoms with Crippen LogP contribution in [0.3, 0.4) is 0 Å². The van der Waals surface area contributed by atoms with Gasteiger partial charge >= 0.3 is 11.9 Å². The maximum atomic E-state index is 13.1. The molecule has 0 amide bonds. The fourth-order valence-electron chi connectivity index (χ4n) is 2.16. The molecule has 2 aromatic carbocycles. The molecule has 0 atom stereocenters. The second kappa shape index (κ2) is 7.39. The maximum Gasteiger partial charge on any atom is 0.335 e. The minimum atomic E-state index is -1.32. The second-order valence-corrected chi connectivity index (χ2v) is 4.90. The number of carbonyl (C=O) groups excluding carboxylic acids is 1. The lowest BCUT2D eigenvalue weighted by atomic mass is 10.1. The van der Waals surface area contributed by atoms with E-state index in [1.54, 1.807) is 0 Å². The zero-order valence-electron chi connectivity index (χ0n) is 13.0. The van der Waals surface area contributed by atoms with Crippen molar-refractivity contribution in [1.82, 2.24) is 0 Å². The van der Waals surface area contributed by atoms with Crippen molar-refractivity contribution in [3.63, 3.8) is 0 Å². The fraction of sp³-hybridized carbons (Fsp3) is 0.125. The van der Waals surface area contributed by atoms with Gasteiger partial charge in [-0.1, -0.05) is 0 Å². The Morgan fingerprint density at radius 2 is 1.88 bits per heavy atom. The van der Waals surface area contributed by atoms with Crippen molar-refractivity contribution in [1.29, 1.82) is 0 Å². The minimum Gasteiger partial charge on any atom is -0.478 e. The van der Waals surface area contributed by atoms with Gasteiger partial charge in [-0.2, -0.15) is 0 Å². The van der Waals surface area contributed by atoms with E-state index >= 15 is 0 Å². The number of nitro groups is 1. The predicted molar refractivity (Wildman–Crippen MR) is 85.5 cm³/mol. The summed E-state index contributed by atoms with van der Waals surface area (Å²) in [7, 11) is 1.16. The molecule has 9 heteroatoms. The first-order chi connectivity index (χ1) is 11.8. The fourth-order valence-corrected chi connectivity index (χ4v) is 2.16. The van der Waals surface area contributed by atoms with E-state index in [0.29, 0.717) is 5.69 Å². The van der Waals surface area contributed by atoms with Gasteiger partial charge in [0.15, 0.2) is 0 Å². The molecule has 2 rings (SSSR count). The number of carboxylic acids is 1. The third kappa shape index (κ3) is 4.08. The van der Waals surface area contributed by atoms with Crippen LogP contribution in [0.15, 0.2) is 42.5 Å². The summed E-state index contributed by atoms with van der Waals surface area (Å²) in [5.41, 5.74) is -0.495. The van der Waals surface area contributed by atoms with Crippen LogP contribution in [-0.2, 0) is 9.53 Å². The summed E-state index contributed by atoms with van der Waals surface area (Å²) in [6.07, 6.45) is 0. The lowest BCUT2D eigenvalue weighted by molar-refractivity contribution is -0.384. The number of benzene rings is 2. The van der Waals surface area contributed by atoms with Gasteiger partial charge in [-0.25, -0.2) is 9.18 Å². The molecule has 0 heterocycles. The second-order valence-electron chi connectivity index (χ2n) is 4.90. The highest BCUT2D eigenvalue weighted by Gasteiger charge is 2.25. The average molecular weight is 348 g/mol. The van der Waals surface area contributed by atoms with Gasteiger partial charge in [0, 0.05) is 11.8 Å². The molecule has 0 saturated heterocycles. The van der Waals surface area contributed by atoms with Crippen LogP contribution < -0.4 is 4.90 Å². The van der Waals surface area contributed by atoms with E-state index in [9.17, 15) is 24.1 Å². The largest absolute Gasteiger partial charge is 0.478 e. The Kier molecular flexibility index (Phi) is 5.28. The first-order valence-electron chi connectivity index (χ1n) is 6.95. The molecule has 0 aliphatic carbocycles. The van der Waals surface area contributed by atoms with E-state index in [2.05, 4.69) is 4.74 Å². The van der Waals surface area contributed by atoms with Crippen LogP contribution in [0.4, 0.5) is 21.5 Å². The summed E-state index contributed by atoms with van der Waals surface area (Å²) in [4.78, 5) is 34.6. The quantitative estimate of drug-likeness (QED) is 0.485. The number of carboxylic acid groups (broad SMARTS) is 1. The van der Waals surface area contributed by atoms with Crippen LogP contribution in [0.25, 0.3) is 0 Å². The molecule has 2 aromatic rings. The summed E-state index contributed by atoms with van der Waals surface area (Å²) in [5.74, 6) is -2.52. The lowest BCUT2D eigenvalue weighted by Gasteiger charge is -2.23. The zero-order chi connectivity index (χ0) is 18.6. The Morgan fingerprint density at radius 3 is 2.40 bits per heavy atom. The van der Waals surface area contributed by atoms with Crippen LogP contribution >= 0.6 is 0 Å². The van der Waals surface area contributed by atoms with Crippen molar-refractivity contribution in [2.45, 2.75) is 0 Å². The monoisotopic (exact) mass is 348 g/mol. The molecular weight excluding hydrogens is 335 g/mol. The molecule has 130 valence electrons. The van der Waals surface area contributed by atoms with E-state index in [4.69, 9.17) is 5.11 Å². The number of halogens is 1. The highest BCUT2D eigenvalue weighted by Crippen LogP contribution is 2.34.